The number of aliphatic hydroxyl groups excluding tert-OH is 1. The van der Waals surface area contributed by atoms with Crippen molar-refractivity contribution in [2.45, 2.75) is 11.7 Å². The van der Waals surface area contributed by atoms with Crippen molar-refractivity contribution >= 4 is 35.8 Å². The Morgan fingerprint density at radius 3 is 2.70 bits per heavy atom. The van der Waals surface area contributed by atoms with Gasteiger partial charge in [0, 0.05) is 10.1 Å². The molecule has 0 saturated carbocycles. The molecule has 104 valence electrons. The van der Waals surface area contributed by atoms with Crippen LogP contribution in [0.5, 0.6) is 5.75 Å². The highest BCUT2D eigenvalue weighted by Gasteiger charge is 2.39. The van der Waals surface area contributed by atoms with E-state index in [1.165, 1.54) is 36.4 Å². The van der Waals surface area contributed by atoms with Crippen molar-refractivity contribution in [1.82, 2.24) is 0 Å². The lowest BCUT2D eigenvalue weighted by Crippen LogP contribution is -2.48. The third-order valence-corrected chi connectivity index (χ3v) is 3.30. The van der Waals surface area contributed by atoms with Crippen LogP contribution in [0.3, 0.4) is 0 Å². The summed E-state index contributed by atoms with van der Waals surface area (Å²) in [5, 5.41) is 10.6. The monoisotopic (exact) mass is 312 g/mol. The zero-order chi connectivity index (χ0) is 14.8. The van der Waals surface area contributed by atoms with E-state index < -0.39 is 11.7 Å². The molecule has 1 aromatic rings. The third kappa shape index (κ3) is 2.77. The number of hydrogen-bond acceptors (Lipinski definition) is 4. The average molecular weight is 313 g/mol. The number of ether oxygens (including phenoxy) is 1. The number of carbonyl (C=O) groups excluding carboxylic acids is 2. The van der Waals surface area contributed by atoms with Gasteiger partial charge in [0.1, 0.15) is 11.9 Å². The van der Waals surface area contributed by atoms with Crippen molar-refractivity contribution in [3.05, 3.63) is 52.0 Å². The fourth-order valence-electron chi connectivity index (χ4n) is 1.79. The second kappa shape index (κ2) is 5.79. The SMILES string of the molecule is O=Cc1cc(Cl)ccc1OC1(C=O)C=C(Cl)C=CC1O. The third-order valence-electron chi connectivity index (χ3n) is 2.83. The summed E-state index contributed by atoms with van der Waals surface area (Å²) in [4.78, 5) is 22.4. The van der Waals surface area contributed by atoms with Gasteiger partial charge in [0.25, 0.3) is 0 Å². The highest BCUT2D eigenvalue weighted by atomic mass is 35.5. The first-order valence-electron chi connectivity index (χ1n) is 5.65. The molecule has 6 heteroatoms. The Balaban J connectivity index is 2.43. The number of halogens is 2. The number of carbonyl (C=O) groups is 2. The predicted molar refractivity (Wildman–Crippen MR) is 75.3 cm³/mol. The van der Waals surface area contributed by atoms with E-state index in [4.69, 9.17) is 27.9 Å². The molecule has 1 aliphatic carbocycles. The summed E-state index contributed by atoms with van der Waals surface area (Å²) in [5.74, 6) is 0.131. The van der Waals surface area contributed by atoms with Crippen LogP contribution in [0, 0.1) is 0 Å². The van der Waals surface area contributed by atoms with E-state index in [2.05, 4.69) is 0 Å². The molecule has 0 spiro atoms. The summed E-state index contributed by atoms with van der Waals surface area (Å²) in [6.45, 7) is 0. The van der Waals surface area contributed by atoms with Crippen LogP contribution in [-0.2, 0) is 4.79 Å². The molecule has 0 heterocycles. The van der Waals surface area contributed by atoms with Crippen LogP contribution in [-0.4, -0.2) is 29.4 Å². The summed E-state index contributed by atoms with van der Waals surface area (Å²) >= 11 is 11.6. The van der Waals surface area contributed by atoms with Crippen LogP contribution >= 0.6 is 23.2 Å². The van der Waals surface area contributed by atoms with Crippen LogP contribution in [0.1, 0.15) is 10.4 Å². The minimum atomic E-state index is -1.67. The predicted octanol–water partition coefficient (Wildman–Crippen LogP) is 2.52. The summed E-state index contributed by atoms with van der Waals surface area (Å²) < 4.78 is 5.53. The van der Waals surface area contributed by atoms with E-state index in [1.807, 2.05) is 0 Å². The van der Waals surface area contributed by atoms with Crippen LogP contribution in [0.2, 0.25) is 5.02 Å². The summed E-state index contributed by atoms with van der Waals surface area (Å²) in [7, 11) is 0. The van der Waals surface area contributed by atoms with Crippen molar-refractivity contribution in [2.24, 2.45) is 0 Å². The fraction of sp³-hybridized carbons (Fsp3) is 0.143. The highest BCUT2D eigenvalue weighted by Crippen LogP contribution is 2.31. The van der Waals surface area contributed by atoms with Crippen molar-refractivity contribution in [1.29, 1.82) is 0 Å². The Labute approximate surface area is 125 Å². The second-order valence-corrected chi connectivity index (χ2v) is 5.08. The topological polar surface area (TPSA) is 63.6 Å². The van der Waals surface area contributed by atoms with Gasteiger partial charge in [-0.3, -0.25) is 9.59 Å². The van der Waals surface area contributed by atoms with Crippen LogP contribution < -0.4 is 4.74 Å². The second-order valence-electron chi connectivity index (χ2n) is 4.21. The van der Waals surface area contributed by atoms with E-state index in [1.54, 1.807) is 0 Å². The first kappa shape index (κ1) is 14.8. The van der Waals surface area contributed by atoms with Gasteiger partial charge in [-0.25, -0.2) is 0 Å². The summed E-state index contributed by atoms with van der Waals surface area (Å²) in [6.07, 6.45) is 3.86. The summed E-state index contributed by atoms with van der Waals surface area (Å²) in [5.41, 5.74) is -1.50. The lowest BCUT2D eigenvalue weighted by atomic mass is 9.93. The highest BCUT2D eigenvalue weighted by molar-refractivity contribution is 6.31. The number of aldehydes is 2. The lowest BCUT2D eigenvalue weighted by molar-refractivity contribution is -0.123. The molecular weight excluding hydrogens is 303 g/mol. The minimum absolute atomic E-state index is 0.131. The standard InChI is InChI=1S/C14H10Cl2O4/c15-10-1-3-12(9(5-10)7-17)20-14(8-18)6-11(16)2-4-13(14)19/h1-8,13,19H. The molecule has 1 N–H and O–H groups in total. The van der Waals surface area contributed by atoms with E-state index >= 15 is 0 Å². The zero-order valence-corrected chi connectivity index (χ0v) is 11.6. The zero-order valence-electron chi connectivity index (χ0n) is 10.1. The maximum Gasteiger partial charge on any atom is 0.213 e. The first-order valence-corrected chi connectivity index (χ1v) is 6.41. The Hall–Kier alpha value is -1.62. The Kier molecular flexibility index (Phi) is 4.28. The Morgan fingerprint density at radius 1 is 1.30 bits per heavy atom. The van der Waals surface area contributed by atoms with Gasteiger partial charge in [-0.15, -0.1) is 0 Å². The average Bonchev–Trinajstić information content (AvgIpc) is 2.44. The number of allylic oxidation sites excluding steroid dienone is 2. The Bertz CT molecular complexity index is 609. The van der Waals surface area contributed by atoms with Gasteiger partial charge in [0.2, 0.25) is 5.60 Å². The van der Waals surface area contributed by atoms with Gasteiger partial charge in [0.15, 0.2) is 12.6 Å². The Morgan fingerprint density at radius 2 is 2.05 bits per heavy atom. The largest absolute Gasteiger partial charge is 0.472 e. The van der Waals surface area contributed by atoms with E-state index in [9.17, 15) is 14.7 Å². The molecule has 0 aromatic heterocycles. The number of hydrogen-bond donors (Lipinski definition) is 1. The quantitative estimate of drug-likeness (QED) is 0.868. The molecule has 1 aliphatic rings. The molecule has 1 aromatic carbocycles. The fourth-order valence-corrected chi connectivity index (χ4v) is 2.22. The van der Waals surface area contributed by atoms with Gasteiger partial charge in [-0.2, -0.15) is 0 Å². The van der Waals surface area contributed by atoms with Gasteiger partial charge in [-0.1, -0.05) is 23.2 Å². The minimum Gasteiger partial charge on any atom is -0.472 e. The molecule has 4 nitrogen and oxygen atoms in total. The van der Waals surface area contributed by atoms with Crippen molar-refractivity contribution in [3.8, 4) is 5.75 Å². The van der Waals surface area contributed by atoms with Crippen molar-refractivity contribution < 1.29 is 19.4 Å². The van der Waals surface area contributed by atoms with E-state index in [0.717, 1.165) is 0 Å². The van der Waals surface area contributed by atoms with Gasteiger partial charge < -0.3 is 9.84 Å². The lowest BCUT2D eigenvalue weighted by Gasteiger charge is -2.32. The number of aliphatic hydroxyl groups is 1. The van der Waals surface area contributed by atoms with E-state index in [-0.39, 0.29) is 16.3 Å². The molecule has 0 amide bonds. The first-order chi connectivity index (χ1) is 9.50. The molecule has 2 atom stereocenters. The molecule has 0 radical (unpaired) electrons. The smallest absolute Gasteiger partial charge is 0.213 e. The van der Waals surface area contributed by atoms with Gasteiger partial charge >= 0.3 is 0 Å². The van der Waals surface area contributed by atoms with Gasteiger partial charge in [0.05, 0.1) is 5.56 Å². The maximum atomic E-state index is 11.4. The number of benzene rings is 1. The number of rotatable bonds is 4. The van der Waals surface area contributed by atoms with Crippen molar-refractivity contribution in [3.63, 3.8) is 0 Å². The van der Waals surface area contributed by atoms with Crippen LogP contribution in [0.15, 0.2) is 41.5 Å². The molecule has 0 bridgehead atoms. The molecule has 0 saturated heterocycles. The summed E-state index contributed by atoms with van der Waals surface area (Å²) in [6, 6.07) is 4.36. The molecule has 20 heavy (non-hydrogen) atoms. The van der Waals surface area contributed by atoms with Crippen LogP contribution in [0.25, 0.3) is 0 Å². The van der Waals surface area contributed by atoms with Crippen LogP contribution in [0.4, 0.5) is 0 Å². The molecule has 0 aliphatic heterocycles. The maximum absolute atomic E-state index is 11.4. The molecule has 2 rings (SSSR count). The normalized spacial score (nSPS) is 24.9. The van der Waals surface area contributed by atoms with Gasteiger partial charge in [-0.05, 0) is 36.4 Å². The molecule has 2 unspecified atom stereocenters. The molecular formula is C14H10Cl2O4. The van der Waals surface area contributed by atoms with E-state index in [0.29, 0.717) is 17.6 Å². The van der Waals surface area contributed by atoms with Crippen molar-refractivity contribution in [2.75, 3.05) is 0 Å². The molecule has 0 fully saturated rings.